The lowest BCUT2D eigenvalue weighted by atomic mass is 10.2. The first-order valence-electron chi connectivity index (χ1n) is 10.6. The van der Waals surface area contributed by atoms with E-state index in [1.54, 1.807) is 12.1 Å². The Hall–Kier alpha value is -3.81. The maximum Gasteiger partial charge on any atom is 0.330 e. The number of rotatable bonds is 9. The Morgan fingerprint density at radius 3 is 2.34 bits per heavy atom. The number of nitrogens with one attached hydrogen (secondary N) is 1. The highest BCUT2D eigenvalue weighted by atomic mass is 16.5. The highest BCUT2D eigenvalue weighted by Crippen LogP contribution is 2.19. The summed E-state index contributed by atoms with van der Waals surface area (Å²) in [4.78, 5) is 41.6. The van der Waals surface area contributed by atoms with E-state index in [0.29, 0.717) is 12.2 Å². The fraction of sp³-hybridized carbons (Fsp3) is 0.292. The molecule has 0 radical (unpaired) electrons. The van der Waals surface area contributed by atoms with E-state index in [2.05, 4.69) is 11.9 Å². The minimum atomic E-state index is -0.703. The van der Waals surface area contributed by atoms with Crippen molar-refractivity contribution >= 4 is 17.4 Å². The van der Waals surface area contributed by atoms with Gasteiger partial charge in [0.15, 0.2) is 12.3 Å². The van der Waals surface area contributed by atoms with E-state index >= 15 is 0 Å². The van der Waals surface area contributed by atoms with Crippen LogP contribution in [0.4, 0.5) is 11.5 Å². The first-order valence-corrected chi connectivity index (χ1v) is 10.6. The number of amides is 1. The molecule has 2 aromatic carbocycles. The summed E-state index contributed by atoms with van der Waals surface area (Å²) in [5, 5.41) is 0. The normalized spacial score (nSPS) is 10.7. The number of nitrogens with two attached hydrogens (primary N) is 1. The molecular formula is C24H28N4O4. The molecule has 0 aliphatic heterocycles. The van der Waals surface area contributed by atoms with Gasteiger partial charge in [-0.05, 0) is 36.1 Å². The molecule has 8 heteroatoms. The van der Waals surface area contributed by atoms with Gasteiger partial charge in [-0.15, -0.1) is 0 Å². The number of hydrogen-bond donors (Lipinski definition) is 2. The fourth-order valence-electron chi connectivity index (χ4n) is 3.39. The number of carbonyl (C=O) groups excluding carboxylic acids is 1. The summed E-state index contributed by atoms with van der Waals surface area (Å²) in [5.41, 5.74) is 6.88. The van der Waals surface area contributed by atoms with Crippen molar-refractivity contribution in [2.75, 3.05) is 23.8 Å². The second-order valence-electron chi connectivity index (χ2n) is 7.40. The third kappa shape index (κ3) is 5.26. The fourth-order valence-corrected chi connectivity index (χ4v) is 3.39. The molecule has 0 aliphatic rings. The Morgan fingerprint density at radius 2 is 1.72 bits per heavy atom. The molecule has 3 rings (SSSR count). The van der Waals surface area contributed by atoms with Crippen LogP contribution < -0.4 is 26.6 Å². The molecule has 0 aliphatic carbocycles. The zero-order valence-corrected chi connectivity index (χ0v) is 18.3. The summed E-state index contributed by atoms with van der Waals surface area (Å²) in [6.07, 6.45) is 1.50. The van der Waals surface area contributed by atoms with Gasteiger partial charge in [-0.3, -0.25) is 19.1 Å². The van der Waals surface area contributed by atoms with Gasteiger partial charge < -0.3 is 15.4 Å². The maximum absolute atomic E-state index is 13.0. The molecule has 1 heterocycles. The molecule has 0 saturated carbocycles. The number of aromatic nitrogens is 2. The van der Waals surface area contributed by atoms with Crippen molar-refractivity contribution in [3.63, 3.8) is 0 Å². The van der Waals surface area contributed by atoms with E-state index in [-0.39, 0.29) is 31.2 Å². The van der Waals surface area contributed by atoms with Gasteiger partial charge in [0.1, 0.15) is 11.6 Å². The van der Waals surface area contributed by atoms with Crippen molar-refractivity contribution in [2.45, 2.75) is 33.2 Å². The Kier molecular flexibility index (Phi) is 7.49. The van der Waals surface area contributed by atoms with Crippen LogP contribution in [0.2, 0.25) is 0 Å². The van der Waals surface area contributed by atoms with Gasteiger partial charge in [-0.25, -0.2) is 4.79 Å². The van der Waals surface area contributed by atoms with Crippen molar-refractivity contribution < 1.29 is 9.53 Å². The minimum absolute atomic E-state index is 0.0442. The predicted octanol–water partition coefficient (Wildman–Crippen LogP) is 2.55. The Labute approximate surface area is 186 Å². The van der Waals surface area contributed by atoms with Gasteiger partial charge in [0.05, 0.1) is 6.54 Å². The Balaban J connectivity index is 1.88. The monoisotopic (exact) mass is 436 g/mol. The predicted molar refractivity (Wildman–Crippen MR) is 125 cm³/mol. The lowest BCUT2D eigenvalue weighted by Crippen LogP contribution is -2.43. The average molecular weight is 437 g/mol. The van der Waals surface area contributed by atoms with Gasteiger partial charge in [-0.2, -0.15) is 0 Å². The molecule has 0 saturated heterocycles. The van der Waals surface area contributed by atoms with Crippen molar-refractivity contribution in [3.8, 4) is 5.75 Å². The Bertz CT molecular complexity index is 1170. The van der Waals surface area contributed by atoms with E-state index in [1.165, 1.54) is 9.47 Å². The summed E-state index contributed by atoms with van der Waals surface area (Å²) >= 11 is 0. The van der Waals surface area contributed by atoms with Crippen molar-refractivity contribution in [3.05, 3.63) is 86.6 Å². The van der Waals surface area contributed by atoms with Gasteiger partial charge in [0.25, 0.3) is 11.5 Å². The molecule has 3 N–H and O–H groups in total. The first kappa shape index (κ1) is 22.9. The highest BCUT2D eigenvalue weighted by molar-refractivity contribution is 5.96. The molecule has 1 amide bonds. The van der Waals surface area contributed by atoms with Crippen LogP contribution in [0.15, 0.2) is 64.2 Å². The van der Waals surface area contributed by atoms with Gasteiger partial charge in [0, 0.05) is 6.54 Å². The number of benzene rings is 2. The van der Waals surface area contributed by atoms with Crippen molar-refractivity contribution in [2.24, 2.45) is 0 Å². The molecule has 3 aromatic rings. The molecule has 0 fully saturated rings. The summed E-state index contributed by atoms with van der Waals surface area (Å²) < 4.78 is 6.89. The van der Waals surface area contributed by atoms with Gasteiger partial charge in [-0.1, -0.05) is 56.3 Å². The number of nitrogen functional groups attached to an aromatic ring is 1. The number of anilines is 2. The molecule has 0 spiro atoms. The number of aryl methyl sites for hydroxylation is 1. The number of H-pyrrole nitrogens is 1. The average Bonchev–Trinajstić information content (AvgIpc) is 2.80. The van der Waals surface area contributed by atoms with Crippen LogP contribution in [0, 0.1) is 0 Å². The van der Waals surface area contributed by atoms with Crippen LogP contribution in [0.25, 0.3) is 0 Å². The number of hydrogen-bond acceptors (Lipinski definition) is 5. The van der Waals surface area contributed by atoms with Crippen LogP contribution >= 0.6 is 0 Å². The van der Waals surface area contributed by atoms with E-state index in [1.807, 2.05) is 49.4 Å². The topological polar surface area (TPSA) is 110 Å². The molecule has 0 bridgehead atoms. The largest absolute Gasteiger partial charge is 0.484 e. The van der Waals surface area contributed by atoms with Crippen LogP contribution in [0.1, 0.15) is 31.4 Å². The highest BCUT2D eigenvalue weighted by Gasteiger charge is 2.24. The minimum Gasteiger partial charge on any atom is -0.484 e. The third-order valence-corrected chi connectivity index (χ3v) is 5.11. The number of aromatic amines is 1. The van der Waals surface area contributed by atoms with Crippen LogP contribution in [0.5, 0.6) is 5.75 Å². The molecule has 8 nitrogen and oxygen atoms in total. The molecule has 1 aromatic heterocycles. The molecule has 0 unspecified atom stereocenters. The second-order valence-corrected chi connectivity index (χ2v) is 7.40. The van der Waals surface area contributed by atoms with E-state index < -0.39 is 17.2 Å². The number of ether oxygens (including phenoxy) is 1. The first-order chi connectivity index (χ1) is 15.4. The second kappa shape index (κ2) is 10.5. The Morgan fingerprint density at radius 1 is 1.03 bits per heavy atom. The quantitative estimate of drug-likeness (QED) is 0.536. The smallest absolute Gasteiger partial charge is 0.330 e. The van der Waals surface area contributed by atoms with Gasteiger partial charge in [0.2, 0.25) is 0 Å². The molecule has 0 atom stereocenters. The number of carbonyl (C=O) groups is 1. The summed E-state index contributed by atoms with van der Waals surface area (Å²) in [6, 6.07) is 16.7. The van der Waals surface area contributed by atoms with Crippen molar-refractivity contribution in [1.82, 2.24) is 9.55 Å². The van der Waals surface area contributed by atoms with E-state index in [9.17, 15) is 14.4 Å². The lowest BCUT2D eigenvalue weighted by Gasteiger charge is -2.24. The van der Waals surface area contributed by atoms with Crippen LogP contribution in [-0.2, 0) is 17.8 Å². The SMILES string of the molecule is CCCN(C(=O)COc1ccc(CC)cc1)c1c(N)n(Cc2ccccc2)c(=O)[nH]c1=O. The van der Waals surface area contributed by atoms with Crippen molar-refractivity contribution in [1.29, 1.82) is 0 Å². The molecule has 168 valence electrons. The van der Waals surface area contributed by atoms with E-state index in [0.717, 1.165) is 17.5 Å². The van der Waals surface area contributed by atoms with Crippen LogP contribution in [0.3, 0.4) is 0 Å². The molecule has 32 heavy (non-hydrogen) atoms. The zero-order chi connectivity index (χ0) is 23.1. The maximum atomic E-state index is 13.0. The van der Waals surface area contributed by atoms with E-state index in [4.69, 9.17) is 10.5 Å². The third-order valence-electron chi connectivity index (χ3n) is 5.11. The summed E-state index contributed by atoms with van der Waals surface area (Å²) in [5.74, 6) is 0.0770. The summed E-state index contributed by atoms with van der Waals surface area (Å²) in [6.45, 7) is 4.11. The molecular weight excluding hydrogens is 408 g/mol. The van der Waals surface area contributed by atoms with Gasteiger partial charge >= 0.3 is 5.69 Å². The van der Waals surface area contributed by atoms with Crippen LogP contribution in [-0.4, -0.2) is 28.6 Å². The summed E-state index contributed by atoms with van der Waals surface area (Å²) in [7, 11) is 0. The number of nitrogens with zero attached hydrogens (tertiary/aromatic N) is 2. The lowest BCUT2D eigenvalue weighted by molar-refractivity contribution is -0.120. The zero-order valence-electron chi connectivity index (χ0n) is 18.3. The standard InChI is InChI=1S/C24H28N4O4/c1-3-14-27(20(29)16-32-19-12-10-17(4-2)11-13-19)21-22(25)28(24(31)26-23(21)30)15-18-8-6-5-7-9-18/h5-13H,3-4,14-16,25H2,1-2H3,(H,26,30,31).